The van der Waals surface area contributed by atoms with E-state index in [1.807, 2.05) is 12.3 Å². The fourth-order valence-electron chi connectivity index (χ4n) is 1.28. The van der Waals surface area contributed by atoms with Crippen LogP contribution in [0.25, 0.3) is 0 Å². The van der Waals surface area contributed by atoms with Crippen molar-refractivity contribution in [3.63, 3.8) is 0 Å². The number of aliphatic hydroxyl groups is 1. The number of aliphatic hydroxyl groups excluding tert-OH is 1. The second kappa shape index (κ2) is 6.35. The highest BCUT2D eigenvalue weighted by Crippen LogP contribution is 2.18. The molecule has 1 aromatic heterocycles. The van der Waals surface area contributed by atoms with E-state index in [1.165, 1.54) is 0 Å². The van der Waals surface area contributed by atoms with Crippen LogP contribution in [0.3, 0.4) is 0 Å². The number of rotatable bonds is 5. The van der Waals surface area contributed by atoms with E-state index >= 15 is 0 Å². The molecule has 0 aliphatic rings. The van der Waals surface area contributed by atoms with Gasteiger partial charge in [0.05, 0.1) is 18.5 Å². The molecule has 0 unspecified atom stereocenters. The van der Waals surface area contributed by atoms with Crippen molar-refractivity contribution in [3.05, 3.63) is 22.9 Å². The zero-order valence-corrected chi connectivity index (χ0v) is 11.2. The molecule has 0 aliphatic carbocycles. The monoisotopic (exact) mass is 290 g/mol. The summed E-state index contributed by atoms with van der Waals surface area (Å²) >= 11 is 5.02. The Bertz CT molecular complexity index is 307. The summed E-state index contributed by atoms with van der Waals surface area (Å²) < 4.78 is 0.949. The Hall–Kier alpha value is -0.260. The summed E-state index contributed by atoms with van der Waals surface area (Å²) in [5.74, 6) is 0. The Labute approximate surface area is 103 Å². The molecule has 1 heterocycles. The van der Waals surface area contributed by atoms with Gasteiger partial charge in [-0.15, -0.1) is 0 Å². The van der Waals surface area contributed by atoms with Crippen LogP contribution in [0.4, 0.5) is 5.69 Å². The third kappa shape index (κ3) is 4.01. The fraction of sp³-hybridized carbons (Fsp3) is 0.500. The highest BCUT2D eigenvalue weighted by atomic mass is 79.9. The highest BCUT2D eigenvalue weighted by molar-refractivity contribution is 9.10. The first-order valence-electron chi connectivity index (χ1n) is 4.68. The summed E-state index contributed by atoms with van der Waals surface area (Å²) in [6, 6.07) is 2.18. The lowest BCUT2D eigenvalue weighted by Crippen LogP contribution is -2.30. The van der Waals surface area contributed by atoms with Crippen molar-refractivity contribution in [2.24, 2.45) is 0 Å². The van der Waals surface area contributed by atoms with Gasteiger partial charge < -0.3 is 10.4 Å². The van der Waals surface area contributed by atoms with Crippen LogP contribution in [-0.2, 0) is 0 Å². The number of nitrogens with zero attached hydrogens (tertiary/aromatic N) is 1. The van der Waals surface area contributed by atoms with Gasteiger partial charge in [0.15, 0.2) is 0 Å². The van der Waals surface area contributed by atoms with E-state index in [0.717, 1.165) is 10.2 Å². The molecule has 3 nitrogen and oxygen atoms in total. The van der Waals surface area contributed by atoms with Crippen molar-refractivity contribution in [1.29, 1.82) is 0 Å². The minimum atomic E-state index is 0.177. The summed E-state index contributed by atoms with van der Waals surface area (Å²) in [5, 5.41) is 12.7. The fourth-order valence-corrected chi connectivity index (χ4v) is 2.27. The van der Waals surface area contributed by atoms with Crippen LogP contribution < -0.4 is 5.32 Å². The van der Waals surface area contributed by atoms with Gasteiger partial charge in [-0.1, -0.05) is 0 Å². The van der Waals surface area contributed by atoms with Crippen LogP contribution in [0.5, 0.6) is 0 Å². The first-order chi connectivity index (χ1) is 7.17. The molecule has 0 aliphatic heterocycles. The Kier molecular flexibility index (Phi) is 5.42. The third-order valence-corrected chi connectivity index (χ3v) is 3.74. The average molecular weight is 291 g/mol. The molecule has 0 aromatic carbocycles. The number of aromatic nitrogens is 1. The zero-order chi connectivity index (χ0) is 11.3. The Balaban J connectivity index is 2.61. The number of hydrogen-bond donors (Lipinski definition) is 2. The number of thioether (sulfide) groups is 1. The number of anilines is 1. The van der Waals surface area contributed by atoms with Crippen molar-refractivity contribution in [3.8, 4) is 0 Å². The minimum absolute atomic E-state index is 0.177. The van der Waals surface area contributed by atoms with Crippen molar-refractivity contribution >= 4 is 33.4 Å². The second-order valence-electron chi connectivity index (χ2n) is 3.28. The lowest BCUT2D eigenvalue weighted by Gasteiger charge is -2.22. The van der Waals surface area contributed by atoms with Crippen LogP contribution in [-0.4, -0.2) is 34.2 Å². The van der Waals surface area contributed by atoms with Crippen LogP contribution >= 0.6 is 27.7 Å². The second-order valence-corrected chi connectivity index (χ2v) is 5.27. The number of hydrogen-bond acceptors (Lipinski definition) is 4. The van der Waals surface area contributed by atoms with Crippen LogP contribution in [0, 0.1) is 0 Å². The van der Waals surface area contributed by atoms with E-state index in [-0.39, 0.29) is 17.9 Å². The lowest BCUT2D eigenvalue weighted by atomic mass is 10.2. The lowest BCUT2D eigenvalue weighted by molar-refractivity contribution is 0.288. The molecule has 84 valence electrons. The summed E-state index contributed by atoms with van der Waals surface area (Å²) in [5.41, 5.74) is 0.962. The Morgan fingerprint density at radius 3 is 2.87 bits per heavy atom. The summed E-state index contributed by atoms with van der Waals surface area (Å²) in [7, 11) is 0. The summed E-state index contributed by atoms with van der Waals surface area (Å²) in [4.78, 5) is 4.07. The molecule has 5 heteroatoms. The molecule has 0 fully saturated rings. The minimum Gasteiger partial charge on any atom is -0.395 e. The molecule has 2 atom stereocenters. The van der Waals surface area contributed by atoms with Gasteiger partial charge in [0, 0.05) is 22.0 Å². The van der Waals surface area contributed by atoms with Gasteiger partial charge in [-0.25, -0.2) is 0 Å². The molecule has 0 saturated carbocycles. The van der Waals surface area contributed by atoms with Crippen LogP contribution in [0.15, 0.2) is 22.9 Å². The van der Waals surface area contributed by atoms with Crippen LogP contribution in [0.1, 0.15) is 6.92 Å². The molecule has 0 saturated heterocycles. The smallest absolute Gasteiger partial charge is 0.0569 e. The highest BCUT2D eigenvalue weighted by Gasteiger charge is 2.14. The standard InChI is InChI=1S/C10H15BrN2OS/c1-7(10(6-14)15-2)13-9-3-8(11)4-12-5-9/h3-5,7,10,13-14H,6H2,1-2H3/t7-,10+/m0/s1. The quantitative estimate of drug-likeness (QED) is 0.874. The van der Waals surface area contributed by atoms with Gasteiger partial charge in [0.25, 0.3) is 0 Å². The number of pyridine rings is 1. The molecule has 2 N–H and O–H groups in total. The van der Waals surface area contributed by atoms with Crippen molar-refractivity contribution in [1.82, 2.24) is 4.98 Å². The Morgan fingerprint density at radius 1 is 1.60 bits per heavy atom. The van der Waals surface area contributed by atoms with Gasteiger partial charge in [-0.2, -0.15) is 11.8 Å². The molecule has 0 radical (unpaired) electrons. The Morgan fingerprint density at radius 2 is 2.33 bits per heavy atom. The van der Waals surface area contributed by atoms with E-state index in [4.69, 9.17) is 5.11 Å². The van der Waals surface area contributed by atoms with Gasteiger partial charge in [0.1, 0.15) is 0 Å². The molecule has 1 rings (SSSR count). The summed E-state index contributed by atoms with van der Waals surface area (Å²) in [6.45, 7) is 2.23. The van der Waals surface area contributed by atoms with E-state index in [9.17, 15) is 0 Å². The first kappa shape index (κ1) is 12.8. The largest absolute Gasteiger partial charge is 0.395 e. The SMILES string of the molecule is CS[C@H](CO)[C@H](C)Nc1cncc(Br)c1. The molecule has 0 amide bonds. The van der Waals surface area contributed by atoms with Crippen LogP contribution in [0.2, 0.25) is 0 Å². The third-order valence-electron chi connectivity index (χ3n) is 2.14. The van der Waals surface area contributed by atoms with E-state index < -0.39 is 0 Å². The van der Waals surface area contributed by atoms with E-state index in [1.54, 1.807) is 24.2 Å². The maximum Gasteiger partial charge on any atom is 0.0569 e. The summed E-state index contributed by atoms with van der Waals surface area (Å²) in [6.07, 6.45) is 5.52. The number of halogens is 1. The maximum atomic E-state index is 9.14. The predicted molar refractivity (Wildman–Crippen MR) is 69.4 cm³/mol. The molecular weight excluding hydrogens is 276 g/mol. The topological polar surface area (TPSA) is 45.1 Å². The zero-order valence-electron chi connectivity index (χ0n) is 8.77. The molecule has 0 spiro atoms. The van der Waals surface area contributed by atoms with Crippen molar-refractivity contribution < 1.29 is 5.11 Å². The average Bonchev–Trinajstić information content (AvgIpc) is 2.19. The first-order valence-corrected chi connectivity index (χ1v) is 6.76. The normalized spacial score (nSPS) is 14.7. The van der Waals surface area contributed by atoms with Gasteiger partial charge in [-0.05, 0) is 35.2 Å². The van der Waals surface area contributed by atoms with Crippen molar-refractivity contribution in [2.45, 2.75) is 18.2 Å². The molecule has 15 heavy (non-hydrogen) atoms. The van der Waals surface area contributed by atoms with E-state index in [0.29, 0.717) is 0 Å². The van der Waals surface area contributed by atoms with Crippen molar-refractivity contribution in [2.75, 3.05) is 18.2 Å². The van der Waals surface area contributed by atoms with Gasteiger partial charge in [-0.3, -0.25) is 4.98 Å². The molecular formula is C10H15BrN2OS. The molecule has 0 bridgehead atoms. The molecule has 1 aromatic rings. The van der Waals surface area contributed by atoms with Gasteiger partial charge >= 0.3 is 0 Å². The predicted octanol–water partition coefficient (Wildman–Crippen LogP) is 2.37. The maximum absolute atomic E-state index is 9.14. The van der Waals surface area contributed by atoms with Gasteiger partial charge in [0.2, 0.25) is 0 Å². The number of nitrogens with one attached hydrogen (secondary N) is 1. The van der Waals surface area contributed by atoms with E-state index in [2.05, 4.69) is 33.2 Å².